The maximum absolute atomic E-state index is 13.7. The maximum Gasteiger partial charge on any atom is 0.326 e. The largest absolute Gasteiger partial charge is 0.480 e. The highest BCUT2D eigenvalue weighted by Crippen LogP contribution is 2.49. The number of nitrogens with zero attached hydrogens (tertiary/aromatic N) is 1. The lowest BCUT2D eigenvalue weighted by Crippen LogP contribution is -2.52. The van der Waals surface area contributed by atoms with Gasteiger partial charge in [-0.05, 0) is 135 Å². The fourth-order valence-corrected chi connectivity index (χ4v) is 9.76. The molecule has 0 unspecified atom stereocenters. The summed E-state index contributed by atoms with van der Waals surface area (Å²) in [5.41, 5.74) is 15.2. The zero-order chi connectivity index (χ0) is 54.5. The minimum Gasteiger partial charge on any atom is -0.480 e. The van der Waals surface area contributed by atoms with Crippen molar-refractivity contribution in [3.63, 3.8) is 0 Å². The van der Waals surface area contributed by atoms with Crippen molar-refractivity contribution >= 4 is 67.2 Å². The van der Waals surface area contributed by atoms with Crippen LogP contribution in [0.2, 0.25) is 0 Å². The number of fused-ring (bicyclic) bond motifs is 1. The second-order valence-corrected chi connectivity index (χ2v) is 21.6. The van der Waals surface area contributed by atoms with Gasteiger partial charge < -0.3 is 52.6 Å². The number of hydrogen-bond donors (Lipinski definition) is 11. The number of carboxylic acids is 2. The minimum atomic E-state index is -4.52. The molecule has 0 fully saturated rings. The van der Waals surface area contributed by atoms with Crippen LogP contribution in [0.1, 0.15) is 100 Å². The SMILES string of the molecule is CC1=C(Oc2ccc(C[C@H](NC(=O)[C@H](CCCNC(=N)N)NC(=O)CC[C@@H](NC(=O)c3cccc(N)c3)C(=O)O)C(=O)O)cc2)/C(=C/C=C2/N(CCCCS(=O)(=O)O)c3ccc(S(=O)(=O)O)cc3C2(C)C)CCC1. The predicted octanol–water partition coefficient (Wildman–Crippen LogP) is 4.15. The number of guanidine groups is 1. The quantitative estimate of drug-likeness (QED) is 0.0187. The van der Waals surface area contributed by atoms with Crippen molar-refractivity contribution in [2.75, 3.05) is 29.5 Å². The molecule has 0 saturated carbocycles. The highest BCUT2D eigenvalue weighted by atomic mass is 32.2. The van der Waals surface area contributed by atoms with Gasteiger partial charge in [0.1, 0.15) is 29.6 Å². The van der Waals surface area contributed by atoms with Crippen LogP contribution >= 0.6 is 0 Å². The summed E-state index contributed by atoms with van der Waals surface area (Å²) in [5.74, 6) is -4.76. The Morgan fingerprint density at radius 1 is 0.851 bits per heavy atom. The van der Waals surface area contributed by atoms with E-state index in [-0.39, 0.29) is 60.8 Å². The molecular formula is C50H64N8O14S2. The number of rotatable bonds is 25. The molecule has 3 aromatic carbocycles. The number of carboxylic acid groups (broad SMARTS) is 2. The zero-order valence-corrected chi connectivity index (χ0v) is 42.9. The molecule has 22 nitrogen and oxygen atoms in total. The zero-order valence-electron chi connectivity index (χ0n) is 41.2. The van der Waals surface area contributed by atoms with Gasteiger partial charge in [0.25, 0.3) is 26.1 Å². The number of nitrogens with one attached hydrogen (secondary N) is 5. The van der Waals surface area contributed by atoms with Crippen LogP contribution in [-0.4, -0.2) is 109 Å². The van der Waals surface area contributed by atoms with Crippen LogP contribution in [0.3, 0.4) is 0 Å². The van der Waals surface area contributed by atoms with Gasteiger partial charge in [-0.3, -0.25) is 28.9 Å². The number of carbonyl (C=O) groups excluding carboxylic acids is 3. The van der Waals surface area contributed by atoms with Gasteiger partial charge in [0.15, 0.2) is 5.96 Å². The Hall–Kier alpha value is -7.28. The van der Waals surface area contributed by atoms with E-state index in [0.29, 0.717) is 47.7 Å². The molecule has 0 radical (unpaired) electrons. The van der Waals surface area contributed by atoms with E-state index < -0.39 is 85.6 Å². The molecule has 0 saturated heterocycles. The summed E-state index contributed by atoms with van der Waals surface area (Å²) in [5, 5.41) is 37.4. The number of allylic oxidation sites excluding steroid dienone is 5. The molecule has 13 N–H and O–H groups in total. The summed E-state index contributed by atoms with van der Waals surface area (Å²) < 4.78 is 72.8. The normalized spacial score (nSPS) is 16.7. The molecule has 74 heavy (non-hydrogen) atoms. The molecule has 0 spiro atoms. The van der Waals surface area contributed by atoms with Gasteiger partial charge in [0, 0.05) is 54.0 Å². The second kappa shape index (κ2) is 25.1. The lowest BCUT2D eigenvalue weighted by molar-refractivity contribution is -0.142. The topological polar surface area (TPSA) is 371 Å². The number of aliphatic carboxylic acids is 2. The standard InChI is InChI=1S/C50H64N8O14S2/c1-30-9-6-10-32(16-22-42-50(2,3)37-29-36(74(69,70)71)19-21-41(37)58(42)25-4-5-26-73(66,67)68)44(30)72-35-17-14-31(15-18-35)27-40(48(64)65)57-46(61)38(13-8-24-54-49(52)53)55-43(59)23-20-39(47(62)63)56-45(60)33-11-7-12-34(51)28-33/h7,11-12,14-19,21-22,28-29,38-40H,4-6,8-10,13,20,23-27,51H2,1-3H3,(H,55,59)(H,56,60)(H,57,61)(H,62,63)(H,64,65)(H4,52,53,54)(H,66,67,68)(H,69,70,71)/b32-16+,42-22+/t38-,39+,40-/m0/s1. The van der Waals surface area contributed by atoms with Crippen molar-refractivity contribution in [3.8, 4) is 5.75 Å². The number of hydrogen-bond acceptors (Lipinski definition) is 13. The van der Waals surface area contributed by atoms with E-state index in [1.165, 1.54) is 30.3 Å². The van der Waals surface area contributed by atoms with E-state index in [2.05, 4.69) is 21.3 Å². The first-order valence-electron chi connectivity index (χ1n) is 23.8. The average molecular weight is 1070 g/mol. The number of anilines is 2. The third-order valence-corrected chi connectivity index (χ3v) is 14.2. The Balaban J connectivity index is 1.28. The van der Waals surface area contributed by atoms with Crippen molar-refractivity contribution < 1.29 is 64.9 Å². The van der Waals surface area contributed by atoms with Crippen LogP contribution in [0, 0.1) is 5.41 Å². The van der Waals surface area contributed by atoms with Crippen molar-refractivity contribution in [2.24, 2.45) is 5.73 Å². The fraction of sp³-hybridized carbons (Fsp3) is 0.400. The number of unbranched alkanes of at least 4 members (excludes halogenated alkanes) is 1. The summed E-state index contributed by atoms with van der Waals surface area (Å²) in [6, 6.07) is 12.6. The van der Waals surface area contributed by atoms with Crippen LogP contribution in [0.15, 0.2) is 106 Å². The Kier molecular flexibility index (Phi) is 19.5. The number of benzene rings is 3. The van der Waals surface area contributed by atoms with E-state index in [9.17, 15) is 60.1 Å². The number of amides is 3. The minimum absolute atomic E-state index is 0.0190. The highest BCUT2D eigenvalue weighted by molar-refractivity contribution is 7.86. The van der Waals surface area contributed by atoms with Crippen molar-refractivity contribution in [3.05, 3.63) is 118 Å². The number of carbonyl (C=O) groups is 5. The molecule has 3 aromatic rings. The Labute approximate surface area is 429 Å². The van der Waals surface area contributed by atoms with Gasteiger partial charge in [-0.25, -0.2) is 9.59 Å². The average Bonchev–Trinajstić information content (AvgIpc) is 3.53. The monoisotopic (exact) mass is 1060 g/mol. The summed E-state index contributed by atoms with van der Waals surface area (Å²) in [6.07, 6.45) is 5.86. The Morgan fingerprint density at radius 3 is 2.19 bits per heavy atom. The third kappa shape index (κ3) is 16.4. The van der Waals surface area contributed by atoms with Crippen molar-refractivity contribution in [1.82, 2.24) is 21.3 Å². The van der Waals surface area contributed by atoms with E-state index in [1.807, 2.05) is 37.8 Å². The first-order chi connectivity index (χ1) is 34.7. The molecule has 5 rings (SSSR count). The van der Waals surface area contributed by atoms with Crippen molar-refractivity contribution in [1.29, 1.82) is 5.41 Å². The molecule has 3 atom stereocenters. The molecule has 0 aromatic heterocycles. The molecule has 1 aliphatic carbocycles. The van der Waals surface area contributed by atoms with Gasteiger partial charge >= 0.3 is 11.9 Å². The smallest absolute Gasteiger partial charge is 0.326 e. The van der Waals surface area contributed by atoms with Crippen LogP contribution in [-0.2, 0) is 51.3 Å². The number of nitrogen functional groups attached to an aromatic ring is 1. The number of nitrogens with two attached hydrogens (primary N) is 2. The molecule has 3 amide bonds. The molecule has 1 aliphatic heterocycles. The van der Waals surface area contributed by atoms with Crippen LogP contribution in [0.4, 0.5) is 11.4 Å². The summed E-state index contributed by atoms with van der Waals surface area (Å²) in [7, 11) is -8.70. The Morgan fingerprint density at radius 2 is 1.55 bits per heavy atom. The molecule has 24 heteroatoms. The highest BCUT2D eigenvalue weighted by Gasteiger charge is 2.40. The van der Waals surface area contributed by atoms with Gasteiger partial charge in [0.05, 0.1) is 10.6 Å². The molecule has 1 heterocycles. The van der Waals surface area contributed by atoms with Crippen molar-refractivity contribution in [2.45, 2.75) is 113 Å². The van der Waals surface area contributed by atoms with E-state index >= 15 is 0 Å². The molecular weight excluding hydrogens is 1000 g/mol. The first kappa shape index (κ1) is 57.6. The van der Waals surface area contributed by atoms with Crippen LogP contribution in [0.5, 0.6) is 5.75 Å². The lowest BCUT2D eigenvalue weighted by Gasteiger charge is -2.27. The van der Waals surface area contributed by atoms with Gasteiger partial charge in [0.2, 0.25) is 11.8 Å². The van der Waals surface area contributed by atoms with E-state index in [0.717, 1.165) is 29.7 Å². The summed E-state index contributed by atoms with van der Waals surface area (Å²) in [4.78, 5) is 65.8. The van der Waals surface area contributed by atoms with Crippen LogP contribution < -0.4 is 42.4 Å². The fourth-order valence-electron chi connectivity index (χ4n) is 8.69. The van der Waals surface area contributed by atoms with E-state index in [4.69, 9.17) is 21.6 Å². The van der Waals surface area contributed by atoms with Gasteiger partial charge in [-0.15, -0.1) is 0 Å². The predicted molar refractivity (Wildman–Crippen MR) is 275 cm³/mol. The second-order valence-electron chi connectivity index (χ2n) is 18.6. The first-order valence-corrected chi connectivity index (χ1v) is 26.8. The van der Waals surface area contributed by atoms with E-state index in [1.54, 1.807) is 36.4 Å². The summed E-state index contributed by atoms with van der Waals surface area (Å²) in [6.45, 7) is 6.26. The molecule has 400 valence electrons. The van der Waals surface area contributed by atoms with Crippen LogP contribution in [0.25, 0.3) is 0 Å². The number of ether oxygens (including phenoxy) is 1. The summed E-state index contributed by atoms with van der Waals surface area (Å²) >= 11 is 0. The van der Waals surface area contributed by atoms with Gasteiger partial charge in [-0.1, -0.05) is 38.1 Å². The molecule has 2 aliphatic rings. The van der Waals surface area contributed by atoms with Gasteiger partial charge in [-0.2, -0.15) is 16.8 Å². The Bertz CT molecular complexity index is 2940. The molecule has 0 bridgehead atoms. The maximum atomic E-state index is 13.7. The third-order valence-electron chi connectivity index (χ3n) is 12.6. The lowest BCUT2D eigenvalue weighted by atomic mass is 9.83.